The van der Waals surface area contributed by atoms with Gasteiger partial charge in [-0.05, 0) is 31.3 Å². The van der Waals surface area contributed by atoms with Gasteiger partial charge in [0, 0.05) is 12.0 Å². The average Bonchev–Trinajstić information content (AvgIpc) is 2.15. The van der Waals surface area contributed by atoms with Crippen LogP contribution in [0.1, 0.15) is 40.5 Å². The van der Waals surface area contributed by atoms with E-state index in [1.54, 1.807) is 0 Å². The van der Waals surface area contributed by atoms with Crippen LogP contribution < -0.4 is 5.48 Å². The Balaban J connectivity index is 2.16. The van der Waals surface area contributed by atoms with Crippen molar-refractivity contribution in [2.24, 2.45) is 11.3 Å². The Kier molecular flexibility index (Phi) is 2.63. The molecule has 2 rings (SSSR count). The minimum Gasteiger partial charge on any atom is -0.413 e. The summed E-state index contributed by atoms with van der Waals surface area (Å²) in [6, 6.07) is 0.464. The largest absolute Gasteiger partial charge is 0.413 e. The molecule has 2 unspecified atom stereocenters. The zero-order chi connectivity index (χ0) is 11.1. The zero-order valence-corrected chi connectivity index (χ0v) is 10.1. The predicted octanol–water partition coefficient (Wildman–Crippen LogP) is 3.18. The summed E-state index contributed by atoms with van der Waals surface area (Å²) in [6.07, 6.45) is 6.69. The minimum atomic E-state index is 0.288. The fraction of sp³-hybridized carbons (Fsp3) is 0.692. The van der Waals surface area contributed by atoms with E-state index >= 15 is 0 Å². The molecule has 1 aliphatic carbocycles. The van der Waals surface area contributed by atoms with Gasteiger partial charge < -0.3 is 4.84 Å². The lowest BCUT2D eigenvalue weighted by Crippen LogP contribution is -2.37. The molecule has 84 valence electrons. The summed E-state index contributed by atoms with van der Waals surface area (Å²) in [5.74, 6) is 1.70. The molecule has 1 aliphatic heterocycles. The van der Waals surface area contributed by atoms with E-state index in [0.29, 0.717) is 12.0 Å². The summed E-state index contributed by atoms with van der Waals surface area (Å²) in [4.78, 5) is 5.52. The lowest BCUT2D eigenvalue weighted by molar-refractivity contribution is 0.0131. The monoisotopic (exact) mass is 207 g/mol. The lowest BCUT2D eigenvalue weighted by atomic mass is 9.76. The van der Waals surface area contributed by atoms with Gasteiger partial charge in [-0.1, -0.05) is 32.4 Å². The van der Waals surface area contributed by atoms with Crippen molar-refractivity contribution in [1.29, 1.82) is 0 Å². The van der Waals surface area contributed by atoms with Crippen molar-refractivity contribution in [3.8, 4) is 0 Å². The van der Waals surface area contributed by atoms with Crippen LogP contribution >= 0.6 is 0 Å². The summed E-state index contributed by atoms with van der Waals surface area (Å²) in [5.41, 5.74) is 4.86. The maximum atomic E-state index is 5.52. The Labute approximate surface area is 92.3 Å². The van der Waals surface area contributed by atoms with Crippen LogP contribution in [0.4, 0.5) is 0 Å². The highest BCUT2D eigenvalue weighted by Gasteiger charge is 2.30. The van der Waals surface area contributed by atoms with E-state index in [-0.39, 0.29) is 5.41 Å². The van der Waals surface area contributed by atoms with E-state index in [0.717, 1.165) is 12.2 Å². The Morgan fingerprint density at radius 3 is 2.73 bits per heavy atom. The smallest absolute Gasteiger partial charge is 0.127 e. The maximum Gasteiger partial charge on any atom is 0.127 e. The molecule has 0 saturated carbocycles. The molecule has 0 bridgehead atoms. The van der Waals surface area contributed by atoms with Gasteiger partial charge in [-0.3, -0.25) is 0 Å². The van der Waals surface area contributed by atoms with E-state index in [1.807, 2.05) is 0 Å². The first-order valence-electron chi connectivity index (χ1n) is 5.80. The van der Waals surface area contributed by atoms with Gasteiger partial charge in [0.1, 0.15) is 5.76 Å². The summed E-state index contributed by atoms with van der Waals surface area (Å²) in [6.45, 7) is 9.01. The Morgan fingerprint density at radius 1 is 1.33 bits per heavy atom. The van der Waals surface area contributed by atoms with Crippen LogP contribution in [-0.2, 0) is 4.84 Å². The third-order valence-corrected chi connectivity index (χ3v) is 3.30. The molecule has 15 heavy (non-hydrogen) atoms. The second kappa shape index (κ2) is 3.67. The SMILES string of the molecule is CC1CC2CC(C(C)(C)C)=CC=C2ON1. The first-order valence-corrected chi connectivity index (χ1v) is 5.80. The molecular weight excluding hydrogens is 186 g/mol. The van der Waals surface area contributed by atoms with Gasteiger partial charge in [0.15, 0.2) is 0 Å². The van der Waals surface area contributed by atoms with E-state index in [4.69, 9.17) is 4.84 Å². The van der Waals surface area contributed by atoms with Gasteiger partial charge in [0.2, 0.25) is 0 Å². The van der Waals surface area contributed by atoms with Crippen molar-refractivity contribution in [1.82, 2.24) is 5.48 Å². The molecule has 1 fully saturated rings. The van der Waals surface area contributed by atoms with Gasteiger partial charge >= 0.3 is 0 Å². The van der Waals surface area contributed by atoms with Crippen molar-refractivity contribution in [2.75, 3.05) is 0 Å². The van der Waals surface area contributed by atoms with Crippen LogP contribution in [-0.4, -0.2) is 6.04 Å². The molecular formula is C13H21NO. The molecule has 2 nitrogen and oxygen atoms in total. The summed E-state index contributed by atoms with van der Waals surface area (Å²) in [7, 11) is 0. The summed E-state index contributed by atoms with van der Waals surface area (Å²) >= 11 is 0. The van der Waals surface area contributed by atoms with Gasteiger partial charge in [-0.15, -0.1) is 0 Å². The first kappa shape index (κ1) is 10.7. The van der Waals surface area contributed by atoms with Crippen LogP contribution in [0, 0.1) is 11.3 Å². The number of allylic oxidation sites excluding steroid dienone is 4. The highest BCUT2D eigenvalue weighted by atomic mass is 16.7. The van der Waals surface area contributed by atoms with Crippen LogP contribution in [0.5, 0.6) is 0 Å². The highest BCUT2D eigenvalue weighted by molar-refractivity contribution is 5.27. The number of fused-ring (bicyclic) bond motifs is 1. The van der Waals surface area contributed by atoms with Crippen molar-refractivity contribution in [2.45, 2.75) is 46.6 Å². The second-order valence-corrected chi connectivity index (χ2v) is 5.77. The van der Waals surface area contributed by atoms with Crippen LogP contribution in [0.25, 0.3) is 0 Å². The van der Waals surface area contributed by atoms with Crippen LogP contribution in [0.15, 0.2) is 23.5 Å². The molecule has 0 radical (unpaired) electrons. The third kappa shape index (κ3) is 2.25. The fourth-order valence-corrected chi connectivity index (χ4v) is 2.27. The maximum absolute atomic E-state index is 5.52. The molecule has 0 aromatic heterocycles. The van der Waals surface area contributed by atoms with Gasteiger partial charge in [-0.25, -0.2) is 0 Å². The summed E-state index contributed by atoms with van der Waals surface area (Å²) in [5, 5.41) is 0. The van der Waals surface area contributed by atoms with Crippen molar-refractivity contribution >= 4 is 0 Å². The van der Waals surface area contributed by atoms with E-state index < -0.39 is 0 Å². The predicted molar refractivity (Wildman–Crippen MR) is 62.0 cm³/mol. The molecule has 0 amide bonds. The molecule has 1 heterocycles. The van der Waals surface area contributed by atoms with Crippen molar-refractivity contribution in [3.63, 3.8) is 0 Å². The number of hydrogen-bond donors (Lipinski definition) is 1. The molecule has 0 aromatic carbocycles. The quantitative estimate of drug-likeness (QED) is 0.658. The third-order valence-electron chi connectivity index (χ3n) is 3.30. The minimum absolute atomic E-state index is 0.288. The zero-order valence-electron chi connectivity index (χ0n) is 10.1. The summed E-state index contributed by atoms with van der Waals surface area (Å²) < 4.78 is 0. The normalized spacial score (nSPS) is 31.2. The number of rotatable bonds is 0. The molecule has 2 heteroatoms. The lowest BCUT2D eigenvalue weighted by Gasteiger charge is -2.35. The van der Waals surface area contributed by atoms with E-state index in [1.165, 1.54) is 12.0 Å². The molecule has 1 saturated heterocycles. The number of hydrogen-bond acceptors (Lipinski definition) is 2. The van der Waals surface area contributed by atoms with Crippen molar-refractivity contribution in [3.05, 3.63) is 23.5 Å². The second-order valence-electron chi connectivity index (χ2n) is 5.77. The Bertz CT molecular complexity index is 309. The number of hydroxylamine groups is 1. The molecule has 2 atom stereocenters. The number of nitrogens with one attached hydrogen (secondary N) is 1. The van der Waals surface area contributed by atoms with Crippen molar-refractivity contribution < 1.29 is 4.84 Å². The van der Waals surface area contributed by atoms with Crippen LogP contribution in [0.2, 0.25) is 0 Å². The Hall–Kier alpha value is -0.760. The molecule has 2 aliphatic rings. The molecule has 1 N–H and O–H groups in total. The standard InChI is InChI=1S/C13H21NO/c1-9-7-10-8-11(13(2,3)4)5-6-12(10)15-14-9/h5-6,9-10,14H,7-8H2,1-4H3. The van der Waals surface area contributed by atoms with Crippen LogP contribution in [0.3, 0.4) is 0 Å². The van der Waals surface area contributed by atoms with Gasteiger partial charge in [0.05, 0.1) is 0 Å². The average molecular weight is 207 g/mol. The molecule has 0 spiro atoms. The van der Waals surface area contributed by atoms with Gasteiger partial charge in [0.25, 0.3) is 0 Å². The fourth-order valence-electron chi connectivity index (χ4n) is 2.27. The van der Waals surface area contributed by atoms with E-state index in [2.05, 4.69) is 45.3 Å². The van der Waals surface area contributed by atoms with E-state index in [9.17, 15) is 0 Å². The Morgan fingerprint density at radius 2 is 2.07 bits per heavy atom. The van der Waals surface area contributed by atoms with Gasteiger partial charge in [-0.2, -0.15) is 5.48 Å². The first-order chi connectivity index (χ1) is 6.97. The highest BCUT2D eigenvalue weighted by Crippen LogP contribution is 2.39. The molecule has 0 aromatic rings. The topological polar surface area (TPSA) is 21.3 Å².